The third kappa shape index (κ3) is 2.75. The summed E-state index contributed by atoms with van der Waals surface area (Å²) in [5.74, 6) is -0.0987. The first-order valence-electron chi connectivity index (χ1n) is 6.29. The zero-order chi connectivity index (χ0) is 15.0. The Balaban J connectivity index is 1.99. The highest BCUT2D eigenvalue weighted by Crippen LogP contribution is 2.17. The number of rotatable bonds is 3. The molecule has 0 radical (unpaired) electrons. The summed E-state index contributed by atoms with van der Waals surface area (Å²) in [6, 6.07) is 8.61. The Kier molecular flexibility index (Phi) is 3.61. The number of benzene rings is 1. The Hall–Kier alpha value is -1.98. The topological polar surface area (TPSA) is 52.0 Å². The Morgan fingerprint density at radius 3 is 2.86 bits per heavy atom. The number of aryl methyl sites for hydroxylation is 1. The van der Waals surface area contributed by atoms with Gasteiger partial charge < -0.3 is 0 Å². The van der Waals surface area contributed by atoms with E-state index >= 15 is 0 Å². The molecule has 21 heavy (non-hydrogen) atoms. The minimum absolute atomic E-state index is 0.0196. The van der Waals surface area contributed by atoms with Crippen molar-refractivity contribution in [2.75, 3.05) is 0 Å². The number of fused-ring (bicyclic) bond motifs is 1. The summed E-state index contributed by atoms with van der Waals surface area (Å²) in [6.07, 6.45) is 1.40. The van der Waals surface area contributed by atoms with E-state index in [-0.39, 0.29) is 17.9 Å². The summed E-state index contributed by atoms with van der Waals surface area (Å²) in [5, 5.41) is 0.888. The molecule has 2 heterocycles. The second kappa shape index (κ2) is 5.42. The van der Waals surface area contributed by atoms with Gasteiger partial charge in [0.1, 0.15) is 0 Å². The summed E-state index contributed by atoms with van der Waals surface area (Å²) in [6.45, 7) is 1.92. The molecule has 0 aliphatic heterocycles. The Morgan fingerprint density at radius 2 is 2.14 bits per heavy atom. The van der Waals surface area contributed by atoms with Crippen LogP contribution >= 0.6 is 22.9 Å². The predicted molar refractivity (Wildman–Crippen MR) is 84.4 cm³/mol. The molecule has 106 valence electrons. The molecule has 4 nitrogen and oxygen atoms in total. The van der Waals surface area contributed by atoms with Gasteiger partial charge in [0.15, 0.2) is 5.78 Å². The summed E-state index contributed by atoms with van der Waals surface area (Å²) in [5.41, 5.74) is 0.309. The summed E-state index contributed by atoms with van der Waals surface area (Å²) in [7, 11) is 0. The third-order valence-corrected chi connectivity index (χ3v) is 4.39. The van der Waals surface area contributed by atoms with E-state index in [0.717, 1.165) is 4.88 Å². The van der Waals surface area contributed by atoms with Crippen LogP contribution in [0.3, 0.4) is 0 Å². The summed E-state index contributed by atoms with van der Waals surface area (Å²) < 4.78 is 1.32. The van der Waals surface area contributed by atoms with Gasteiger partial charge in [-0.15, -0.1) is 11.3 Å². The molecule has 0 N–H and O–H groups in total. The number of thiophene rings is 1. The van der Waals surface area contributed by atoms with Gasteiger partial charge in [-0.05, 0) is 37.3 Å². The van der Waals surface area contributed by atoms with Gasteiger partial charge in [0.25, 0.3) is 5.56 Å². The second-order valence-electron chi connectivity index (χ2n) is 4.67. The lowest BCUT2D eigenvalue weighted by atomic mass is 10.2. The van der Waals surface area contributed by atoms with E-state index in [1.807, 2.05) is 13.0 Å². The van der Waals surface area contributed by atoms with Crippen molar-refractivity contribution in [1.29, 1.82) is 0 Å². The highest BCUT2D eigenvalue weighted by Gasteiger charge is 2.12. The van der Waals surface area contributed by atoms with Gasteiger partial charge in [-0.2, -0.15) is 0 Å². The van der Waals surface area contributed by atoms with E-state index in [9.17, 15) is 9.59 Å². The van der Waals surface area contributed by atoms with E-state index in [4.69, 9.17) is 11.6 Å². The normalized spacial score (nSPS) is 11.0. The van der Waals surface area contributed by atoms with Crippen LogP contribution in [0.15, 0.2) is 41.5 Å². The molecule has 0 atom stereocenters. The van der Waals surface area contributed by atoms with Crippen molar-refractivity contribution >= 4 is 39.6 Å². The molecule has 0 aliphatic carbocycles. The molecular formula is C15H11ClN2O2S. The average molecular weight is 319 g/mol. The molecule has 1 aromatic carbocycles. The third-order valence-electron chi connectivity index (χ3n) is 3.12. The molecule has 0 aliphatic rings. The molecule has 0 fully saturated rings. The number of hydrogen-bond acceptors (Lipinski definition) is 4. The first-order chi connectivity index (χ1) is 10.0. The summed E-state index contributed by atoms with van der Waals surface area (Å²) in [4.78, 5) is 30.4. The molecule has 3 aromatic rings. The molecule has 0 bridgehead atoms. The zero-order valence-electron chi connectivity index (χ0n) is 11.2. The largest absolute Gasteiger partial charge is 0.291 e. The number of carbonyl (C=O) groups excluding carboxylic acids is 1. The van der Waals surface area contributed by atoms with Crippen LogP contribution in [0, 0.1) is 6.92 Å². The van der Waals surface area contributed by atoms with E-state index < -0.39 is 0 Å². The van der Waals surface area contributed by atoms with Gasteiger partial charge in [-0.25, -0.2) is 4.98 Å². The second-order valence-corrected chi connectivity index (χ2v) is 6.40. The molecular weight excluding hydrogens is 308 g/mol. The molecule has 0 saturated carbocycles. The Bertz CT molecular complexity index is 898. The fraction of sp³-hybridized carbons (Fsp3) is 0.133. The molecule has 6 heteroatoms. The number of carbonyl (C=O) groups is 1. The van der Waals surface area contributed by atoms with Crippen LogP contribution in [0.1, 0.15) is 14.5 Å². The Labute approximate surface area is 129 Å². The number of ketones is 1. The van der Waals surface area contributed by atoms with E-state index in [0.29, 0.717) is 20.8 Å². The SMILES string of the molecule is Cc1ccc(C(=O)Cn2cnc3ccc(Cl)cc3c2=O)s1. The van der Waals surface area contributed by atoms with Gasteiger partial charge in [-0.1, -0.05) is 11.6 Å². The van der Waals surface area contributed by atoms with Crippen LogP contribution in [-0.4, -0.2) is 15.3 Å². The minimum Gasteiger partial charge on any atom is -0.291 e. The van der Waals surface area contributed by atoms with Crippen molar-refractivity contribution in [3.8, 4) is 0 Å². The number of halogens is 1. The predicted octanol–water partition coefficient (Wildman–Crippen LogP) is 3.30. The molecule has 0 spiro atoms. The average Bonchev–Trinajstić information content (AvgIpc) is 2.89. The van der Waals surface area contributed by atoms with Crippen LogP contribution in [-0.2, 0) is 6.54 Å². The van der Waals surface area contributed by atoms with Crippen LogP contribution in [0.5, 0.6) is 0 Å². The van der Waals surface area contributed by atoms with Crippen LogP contribution < -0.4 is 5.56 Å². The fourth-order valence-electron chi connectivity index (χ4n) is 2.06. The van der Waals surface area contributed by atoms with E-state index in [2.05, 4.69) is 4.98 Å². The molecule has 2 aromatic heterocycles. The van der Waals surface area contributed by atoms with Crippen molar-refractivity contribution in [2.45, 2.75) is 13.5 Å². The Morgan fingerprint density at radius 1 is 1.33 bits per heavy atom. The maximum absolute atomic E-state index is 12.4. The molecule has 0 saturated heterocycles. The van der Waals surface area contributed by atoms with Crippen molar-refractivity contribution in [2.24, 2.45) is 0 Å². The first-order valence-corrected chi connectivity index (χ1v) is 7.48. The fourth-order valence-corrected chi connectivity index (χ4v) is 3.03. The minimum atomic E-state index is -0.260. The number of hydrogen-bond donors (Lipinski definition) is 0. The number of nitrogens with zero attached hydrogens (tertiary/aromatic N) is 2. The highest BCUT2D eigenvalue weighted by molar-refractivity contribution is 7.14. The lowest BCUT2D eigenvalue weighted by Crippen LogP contribution is -2.24. The lowest BCUT2D eigenvalue weighted by molar-refractivity contribution is 0.0974. The van der Waals surface area contributed by atoms with Crippen molar-refractivity contribution in [1.82, 2.24) is 9.55 Å². The molecule has 0 amide bonds. The van der Waals surface area contributed by atoms with Crippen molar-refractivity contribution in [3.05, 3.63) is 61.8 Å². The summed E-state index contributed by atoms with van der Waals surface area (Å²) >= 11 is 7.33. The zero-order valence-corrected chi connectivity index (χ0v) is 12.7. The van der Waals surface area contributed by atoms with Crippen LogP contribution in [0.2, 0.25) is 5.02 Å². The quantitative estimate of drug-likeness (QED) is 0.696. The molecule has 0 unspecified atom stereocenters. The van der Waals surface area contributed by atoms with Gasteiger partial charge in [-0.3, -0.25) is 14.2 Å². The number of aromatic nitrogens is 2. The first kappa shape index (κ1) is 14.0. The van der Waals surface area contributed by atoms with Gasteiger partial charge in [0, 0.05) is 9.90 Å². The van der Waals surface area contributed by atoms with Crippen LogP contribution in [0.4, 0.5) is 0 Å². The van der Waals surface area contributed by atoms with E-state index in [1.54, 1.807) is 24.3 Å². The number of Topliss-reactive ketones (excluding diaryl/α,β-unsaturated/α-hetero) is 1. The standard InChI is InChI=1S/C15H11ClN2O2S/c1-9-2-5-14(21-9)13(19)7-18-8-17-12-4-3-10(16)6-11(12)15(18)20/h2-6,8H,7H2,1H3. The van der Waals surface area contributed by atoms with Gasteiger partial charge in [0.05, 0.1) is 28.7 Å². The van der Waals surface area contributed by atoms with E-state index in [1.165, 1.54) is 22.2 Å². The monoisotopic (exact) mass is 318 g/mol. The van der Waals surface area contributed by atoms with Crippen molar-refractivity contribution < 1.29 is 4.79 Å². The van der Waals surface area contributed by atoms with Crippen LogP contribution in [0.25, 0.3) is 10.9 Å². The molecule has 3 rings (SSSR count). The maximum atomic E-state index is 12.4. The van der Waals surface area contributed by atoms with Crippen molar-refractivity contribution in [3.63, 3.8) is 0 Å². The van der Waals surface area contributed by atoms with Gasteiger partial charge >= 0.3 is 0 Å². The van der Waals surface area contributed by atoms with Gasteiger partial charge in [0.2, 0.25) is 0 Å². The maximum Gasteiger partial charge on any atom is 0.261 e. The lowest BCUT2D eigenvalue weighted by Gasteiger charge is -2.05. The smallest absolute Gasteiger partial charge is 0.261 e. The highest BCUT2D eigenvalue weighted by atomic mass is 35.5.